The van der Waals surface area contributed by atoms with Crippen LogP contribution in [-0.4, -0.2) is 57.6 Å². The van der Waals surface area contributed by atoms with Crippen LogP contribution in [-0.2, 0) is 11.3 Å². The lowest BCUT2D eigenvalue weighted by Crippen LogP contribution is -2.51. The highest BCUT2D eigenvalue weighted by Crippen LogP contribution is 2.10. The summed E-state index contributed by atoms with van der Waals surface area (Å²) in [7, 11) is 0. The number of fused-ring (bicyclic) bond motifs is 1. The Bertz CT molecular complexity index is 1140. The number of H-pyrrole nitrogens is 1. The van der Waals surface area contributed by atoms with Crippen molar-refractivity contribution in [3.63, 3.8) is 0 Å². The largest absolute Gasteiger partial charge is 0.459 e. The molecule has 144 valence electrons. The number of piperazine rings is 1. The van der Waals surface area contributed by atoms with E-state index in [4.69, 9.17) is 4.42 Å². The Morgan fingerprint density at radius 1 is 0.929 bits per heavy atom. The Kier molecular flexibility index (Phi) is 4.56. The van der Waals surface area contributed by atoms with Crippen LogP contribution in [0.2, 0.25) is 0 Å². The van der Waals surface area contributed by atoms with Gasteiger partial charge in [0.05, 0.1) is 17.0 Å². The third-order valence-electron chi connectivity index (χ3n) is 4.83. The number of nitrogens with zero attached hydrogens (tertiary/aromatic N) is 3. The molecule has 3 heterocycles. The van der Waals surface area contributed by atoms with Crippen molar-refractivity contribution in [1.29, 1.82) is 0 Å². The predicted octanol–water partition coefficient (Wildman–Crippen LogP) is 0.267. The normalized spacial score (nSPS) is 14.4. The highest BCUT2D eigenvalue weighted by Gasteiger charge is 2.26. The quantitative estimate of drug-likeness (QED) is 0.699. The number of hydrogen-bond acceptors (Lipinski definition) is 5. The Morgan fingerprint density at radius 2 is 1.61 bits per heavy atom. The molecule has 1 saturated heterocycles. The lowest BCUT2D eigenvalue weighted by molar-refractivity contribution is -0.133. The molecule has 1 fully saturated rings. The summed E-state index contributed by atoms with van der Waals surface area (Å²) < 4.78 is 6.15. The zero-order valence-corrected chi connectivity index (χ0v) is 15.0. The molecule has 0 aliphatic carbocycles. The molecule has 0 saturated carbocycles. The number of rotatable bonds is 3. The van der Waals surface area contributed by atoms with Gasteiger partial charge in [0.25, 0.3) is 17.0 Å². The van der Waals surface area contributed by atoms with Crippen LogP contribution in [0.3, 0.4) is 0 Å². The summed E-state index contributed by atoms with van der Waals surface area (Å²) in [4.78, 5) is 52.7. The lowest BCUT2D eigenvalue weighted by atomic mass is 10.2. The second-order valence-electron chi connectivity index (χ2n) is 6.53. The van der Waals surface area contributed by atoms with Crippen molar-refractivity contribution in [3.05, 3.63) is 69.1 Å². The smallest absolute Gasteiger partial charge is 0.289 e. The van der Waals surface area contributed by atoms with Gasteiger partial charge < -0.3 is 14.2 Å². The van der Waals surface area contributed by atoms with E-state index in [0.717, 1.165) is 4.68 Å². The number of hydrogen-bond donors (Lipinski definition) is 1. The van der Waals surface area contributed by atoms with Crippen LogP contribution in [0.5, 0.6) is 0 Å². The van der Waals surface area contributed by atoms with E-state index < -0.39 is 11.1 Å². The predicted molar refractivity (Wildman–Crippen MR) is 100 cm³/mol. The fourth-order valence-corrected chi connectivity index (χ4v) is 3.31. The van der Waals surface area contributed by atoms with Gasteiger partial charge in [0.1, 0.15) is 6.54 Å². The molecule has 1 aliphatic heterocycles. The Balaban J connectivity index is 1.45. The molecule has 9 heteroatoms. The average molecular weight is 382 g/mol. The number of aromatic nitrogens is 2. The van der Waals surface area contributed by atoms with Crippen LogP contribution >= 0.6 is 0 Å². The fraction of sp³-hybridized carbons (Fsp3) is 0.263. The van der Waals surface area contributed by atoms with Crippen LogP contribution in [0.15, 0.2) is 56.7 Å². The molecule has 3 aromatic rings. The van der Waals surface area contributed by atoms with Crippen molar-refractivity contribution in [2.24, 2.45) is 0 Å². The number of benzene rings is 1. The fourth-order valence-electron chi connectivity index (χ4n) is 3.31. The third kappa shape index (κ3) is 3.22. The molecule has 9 nitrogen and oxygen atoms in total. The first kappa shape index (κ1) is 17.8. The van der Waals surface area contributed by atoms with Gasteiger partial charge >= 0.3 is 0 Å². The first-order valence-corrected chi connectivity index (χ1v) is 8.87. The first-order valence-electron chi connectivity index (χ1n) is 8.87. The summed E-state index contributed by atoms with van der Waals surface area (Å²) in [6.07, 6.45) is 1.44. The van der Waals surface area contributed by atoms with E-state index in [-0.39, 0.29) is 29.5 Å². The van der Waals surface area contributed by atoms with Crippen molar-refractivity contribution >= 4 is 22.6 Å². The standard InChI is InChI=1S/C19H18N4O5/c24-16(12-23-18(26)14-5-2-1-4-13(14)17(25)20-23)21-7-9-22(10-8-21)19(27)15-6-3-11-28-15/h1-6,11H,7-10,12H2,(H,20,25). The minimum atomic E-state index is -0.421. The van der Waals surface area contributed by atoms with Gasteiger partial charge in [0.15, 0.2) is 5.76 Å². The highest BCUT2D eigenvalue weighted by molar-refractivity contribution is 5.91. The van der Waals surface area contributed by atoms with E-state index >= 15 is 0 Å². The number of carbonyl (C=O) groups excluding carboxylic acids is 2. The summed E-state index contributed by atoms with van der Waals surface area (Å²) in [5.74, 6) is -0.245. The SMILES string of the molecule is O=C(Cn1[nH]c(=O)c2ccccc2c1=O)N1CCN(C(=O)c2ccco2)CC1. The molecule has 0 radical (unpaired) electrons. The van der Waals surface area contributed by atoms with Gasteiger partial charge in [-0.15, -0.1) is 0 Å². The van der Waals surface area contributed by atoms with Crippen molar-refractivity contribution in [2.75, 3.05) is 26.2 Å². The molecule has 1 aromatic carbocycles. The second-order valence-corrected chi connectivity index (χ2v) is 6.53. The van der Waals surface area contributed by atoms with Crippen molar-refractivity contribution in [3.8, 4) is 0 Å². The zero-order chi connectivity index (χ0) is 19.7. The van der Waals surface area contributed by atoms with Gasteiger partial charge in [-0.2, -0.15) is 0 Å². The summed E-state index contributed by atoms with van der Waals surface area (Å²) in [6.45, 7) is 1.17. The van der Waals surface area contributed by atoms with E-state index in [9.17, 15) is 19.2 Å². The topological polar surface area (TPSA) is 109 Å². The monoisotopic (exact) mass is 382 g/mol. The number of furan rings is 1. The van der Waals surface area contributed by atoms with Gasteiger partial charge in [-0.3, -0.25) is 24.3 Å². The highest BCUT2D eigenvalue weighted by atomic mass is 16.3. The third-order valence-corrected chi connectivity index (χ3v) is 4.83. The molecular weight excluding hydrogens is 364 g/mol. The Labute approximate surface area is 158 Å². The number of amides is 2. The van der Waals surface area contributed by atoms with Crippen LogP contribution in [0.1, 0.15) is 10.6 Å². The van der Waals surface area contributed by atoms with Gasteiger partial charge in [0, 0.05) is 26.2 Å². The molecule has 1 N–H and O–H groups in total. The molecule has 28 heavy (non-hydrogen) atoms. The summed E-state index contributed by atoms with van der Waals surface area (Å²) >= 11 is 0. The molecular formula is C19H18N4O5. The zero-order valence-electron chi connectivity index (χ0n) is 15.0. The molecule has 2 aromatic heterocycles. The maximum atomic E-state index is 12.6. The molecule has 0 bridgehead atoms. The van der Waals surface area contributed by atoms with Crippen LogP contribution < -0.4 is 11.1 Å². The Morgan fingerprint density at radius 3 is 2.29 bits per heavy atom. The summed E-state index contributed by atoms with van der Waals surface area (Å²) in [6, 6.07) is 9.72. The molecule has 4 rings (SSSR count). The van der Waals surface area contributed by atoms with Crippen LogP contribution in [0.25, 0.3) is 10.8 Å². The van der Waals surface area contributed by atoms with E-state index in [2.05, 4.69) is 5.10 Å². The van der Waals surface area contributed by atoms with Crippen LogP contribution in [0.4, 0.5) is 0 Å². The van der Waals surface area contributed by atoms with E-state index in [1.165, 1.54) is 6.26 Å². The summed E-state index contributed by atoms with van der Waals surface area (Å²) in [5, 5.41) is 3.02. The van der Waals surface area contributed by atoms with Crippen molar-refractivity contribution in [1.82, 2.24) is 19.6 Å². The van der Waals surface area contributed by atoms with Gasteiger partial charge in [0.2, 0.25) is 5.91 Å². The maximum absolute atomic E-state index is 12.6. The second kappa shape index (κ2) is 7.18. The lowest BCUT2D eigenvalue weighted by Gasteiger charge is -2.34. The van der Waals surface area contributed by atoms with E-state index in [0.29, 0.717) is 31.6 Å². The van der Waals surface area contributed by atoms with E-state index in [1.54, 1.807) is 46.2 Å². The van der Waals surface area contributed by atoms with Crippen LogP contribution in [0, 0.1) is 0 Å². The van der Waals surface area contributed by atoms with E-state index in [1.807, 2.05) is 0 Å². The number of nitrogens with one attached hydrogen (secondary N) is 1. The van der Waals surface area contributed by atoms with Crippen molar-refractivity contribution < 1.29 is 14.0 Å². The molecule has 2 amide bonds. The van der Waals surface area contributed by atoms with Gasteiger partial charge in [-0.25, -0.2) is 4.68 Å². The molecule has 0 atom stereocenters. The van der Waals surface area contributed by atoms with Gasteiger partial charge in [-0.05, 0) is 24.3 Å². The minimum Gasteiger partial charge on any atom is -0.459 e. The molecule has 0 spiro atoms. The minimum absolute atomic E-state index is 0.216. The van der Waals surface area contributed by atoms with Crippen molar-refractivity contribution in [2.45, 2.75) is 6.54 Å². The summed E-state index contributed by atoms with van der Waals surface area (Å²) in [5.41, 5.74) is -0.841. The molecule has 1 aliphatic rings. The Hall–Kier alpha value is -3.62. The first-order chi connectivity index (χ1) is 13.5. The maximum Gasteiger partial charge on any atom is 0.289 e. The number of aromatic amines is 1. The molecule has 0 unspecified atom stereocenters. The average Bonchev–Trinajstić information content (AvgIpc) is 3.26. The van der Waals surface area contributed by atoms with Gasteiger partial charge in [-0.1, -0.05) is 12.1 Å². The number of carbonyl (C=O) groups is 2.